The Labute approximate surface area is 106 Å². The molecule has 2 N–H and O–H groups in total. The van der Waals surface area contributed by atoms with Crippen LogP contribution in [0.15, 0.2) is 12.1 Å². The minimum Gasteiger partial charge on any atom is -0.394 e. The van der Waals surface area contributed by atoms with Crippen LogP contribution >= 0.6 is 0 Å². The molecule has 0 unspecified atom stereocenters. The monoisotopic (exact) mass is 247 g/mol. The van der Waals surface area contributed by atoms with Gasteiger partial charge in [-0.15, -0.1) is 0 Å². The average Bonchev–Trinajstić information content (AvgIpc) is 2.40. The highest BCUT2D eigenvalue weighted by molar-refractivity contribution is 5.53. The van der Waals surface area contributed by atoms with Crippen LogP contribution in [0.4, 0.5) is 5.82 Å². The van der Waals surface area contributed by atoms with E-state index in [1.807, 2.05) is 6.92 Å². The van der Waals surface area contributed by atoms with Crippen LogP contribution in [0.25, 0.3) is 0 Å². The Morgan fingerprint density at radius 1 is 1.50 bits per heavy atom. The van der Waals surface area contributed by atoms with Crippen molar-refractivity contribution in [2.45, 2.75) is 25.3 Å². The molecular formula is C13H17N3O2. The number of aliphatic hydroxyl groups excluding tert-OH is 1. The predicted molar refractivity (Wildman–Crippen MR) is 67.2 cm³/mol. The zero-order valence-corrected chi connectivity index (χ0v) is 10.4. The molecular weight excluding hydrogens is 230 g/mol. The van der Waals surface area contributed by atoms with E-state index in [0.717, 1.165) is 5.69 Å². The number of aliphatic hydroxyl groups is 1. The summed E-state index contributed by atoms with van der Waals surface area (Å²) in [6.45, 7) is 3.11. The van der Waals surface area contributed by atoms with E-state index in [0.29, 0.717) is 37.4 Å². The van der Waals surface area contributed by atoms with Crippen molar-refractivity contribution in [3.05, 3.63) is 23.4 Å². The lowest BCUT2D eigenvalue weighted by Gasteiger charge is -2.37. The molecule has 5 heteroatoms. The van der Waals surface area contributed by atoms with Gasteiger partial charge in [0.2, 0.25) is 0 Å². The number of pyridine rings is 1. The van der Waals surface area contributed by atoms with Crippen molar-refractivity contribution in [1.82, 2.24) is 4.98 Å². The fourth-order valence-corrected chi connectivity index (χ4v) is 2.08. The Balaban J connectivity index is 2.26. The molecule has 1 aliphatic heterocycles. The van der Waals surface area contributed by atoms with Gasteiger partial charge < -0.3 is 15.2 Å². The van der Waals surface area contributed by atoms with E-state index in [2.05, 4.69) is 16.4 Å². The van der Waals surface area contributed by atoms with Gasteiger partial charge in [-0.1, -0.05) is 0 Å². The van der Waals surface area contributed by atoms with Crippen LogP contribution in [-0.2, 0) is 4.74 Å². The number of aromatic nitrogens is 1. The number of anilines is 1. The Hall–Kier alpha value is -1.64. The van der Waals surface area contributed by atoms with Crippen molar-refractivity contribution in [1.29, 1.82) is 5.26 Å². The maximum absolute atomic E-state index is 9.61. The fraction of sp³-hybridized carbons (Fsp3) is 0.538. The molecule has 0 aromatic carbocycles. The summed E-state index contributed by atoms with van der Waals surface area (Å²) in [4.78, 5) is 4.35. The number of nitrogens with zero attached hydrogens (tertiary/aromatic N) is 2. The highest BCUT2D eigenvalue weighted by Crippen LogP contribution is 2.26. The van der Waals surface area contributed by atoms with Crippen molar-refractivity contribution >= 4 is 5.82 Å². The average molecular weight is 247 g/mol. The lowest BCUT2D eigenvalue weighted by atomic mass is 9.91. The van der Waals surface area contributed by atoms with Gasteiger partial charge in [-0.25, -0.2) is 4.98 Å². The van der Waals surface area contributed by atoms with Gasteiger partial charge in [0, 0.05) is 18.9 Å². The predicted octanol–water partition coefficient (Wildman–Crippen LogP) is 1.22. The molecule has 0 radical (unpaired) electrons. The molecule has 0 amide bonds. The molecule has 18 heavy (non-hydrogen) atoms. The second-order valence-electron chi connectivity index (χ2n) is 4.64. The van der Waals surface area contributed by atoms with Crippen LogP contribution in [0.3, 0.4) is 0 Å². The molecule has 1 saturated heterocycles. The van der Waals surface area contributed by atoms with Gasteiger partial charge in [-0.2, -0.15) is 5.26 Å². The van der Waals surface area contributed by atoms with Gasteiger partial charge in [-0.05, 0) is 31.9 Å². The smallest absolute Gasteiger partial charge is 0.144 e. The number of ether oxygens (including phenoxy) is 1. The van der Waals surface area contributed by atoms with Crippen molar-refractivity contribution in [3.8, 4) is 6.07 Å². The van der Waals surface area contributed by atoms with E-state index >= 15 is 0 Å². The van der Waals surface area contributed by atoms with Crippen LogP contribution < -0.4 is 5.32 Å². The number of rotatable bonds is 3. The van der Waals surface area contributed by atoms with Gasteiger partial charge in [0.05, 0.1) is 17.7 Å². The SMILES string of the molecule is Cc1ccc(C#N)c(NC2(CO)CCOCC2)n1. The summed E-state index contributed by atoms with van der Waals surface area (Å²) in [5.74, 6) is 0.549. The Morgan fingerprint density at radius 2 is 2.22 bits per heavy atom. The van der Waals surface area contributed by atoms with Crippen molar-refractivity contribution in [2.24, 2.45) is 0 Å². The summed E-state index contributed by atoms with van der Waals surface area (Å²) < 4.78 is 5.31. The third-order valence-corrected chi connectivity index (χ3v) is 3.29. The first-order valence-electron chi connectivity index (χ1n) is 6.04. The molecule has 0 aliphatic carbocycles. The normalized spacial score (nSPS) is 18.1. The molecule has 1 aliphatic rings. The second-order valence-corrected chi connectivity index (χ2v) is 4.64. The topological polar surface area (TPSA) is 78.2 Å². The number of nitriles is 1. The Morgan fingerprint density at radius 3 is 2.83 bits per heavy atom. The second kappa shape index (κ2) is 5.34. The summed E-state index contributed by atoms with van der Waals surface area (Å²) in [6, 6.07) is 5.67. The lowest BCUT2D eigenvalue weighted by Crippen LogP contribution is -2.47. The fourth-order valence-electron chi connectivity index (χ4n) is 2.08. The van der Waals surface area contributed by atoms with Gasteiger partial charge in [-0.3, -0.25) is 0 Å². The van der Waals surface area contributed by atoms with E-state index in [9.17, 15) is 5.11 Å². The van der Waals surface area contributed by atoms with Crippen LogP contribution in [0.5, 0.6) is 0 Å². The van der Waals surface area contributed by atoms with Crippen LogP contribution in [-0.4, -0.2) is 35.5 Å². The zero-order valence-electron chi connectivity index (χ0n) is 10.4. The molecule has 0 bridgehead atoms. The highest BCUT2D eigenvalue weighted by Gasteiger charge is 2.32. The van der Waals surface area contributed by atoms with Gasteiger partial charge >= 0.3 is 0 Å². The van der Waals surface area contributed by atoms with E-state index in [-0.39, 0.29) is 6.61 Å². The van der Waals surface area contributed by atoms with Gasteiger partial charge in [0.15, 0.2) is 0 Å². The number of nitrogens with one attached hydrogen (secondary N) is 1. The molecule has 0 atom stereocenters. The third kappa shape index (κ3) is 2.61. The minimum absolute atomic E-state index is 0.0108. The molecule has 1 aromatic rings. The van der Waals surface area contributed by atoms with Crippen LogP contribution in [0, 0.1) is 18.3 Å². The van der Waals surface area contributed by atoms with Gasteiger partial charge in [0.1, 0.15) is 11.9 Å². The molecule has 2 rings (SSSR count). The van der Waals surface area contributed by atoms with E-state index < -0.39 is 5.54 Å². The molecule has 1 aromatic heterocycles. The van der Waals surface area contributed by atoms with Gasteiger partial charge in [0.25, 0.3) is 0 Å². The summed E-state index contributed by atoms with van der Waals surface area (Å²) in [5, 5.41) is 21.9. The number of aryl methyl sites for hydroxylation is 1. The molecule has 5 nitrogen and oxygen atoms in total. The molecule has 0 saturated carbocycles. The minimum atomic E-state index is -0.426. The first kappa shape index (κ1) is 12.8. The number of hydrogen-bond acceptors (Lipinski definition) is 5. The maximum Gasteiger partial charge on any atom is 0.144 e. The quantitative estimate of drug-likeness (QED) is 0.839. The Bertz CT molecular complexity index is 462. The molecule has 96 valence electrons. The number of hydrogen-bond donors (Lipinski definition) is 2. The third-order valence-electron chi connectivity index (χ3n) is 3.29. The highest BCUT2D eigenvalue weighted by atomic mass is 16.5. The van der Waals surface area contributed by atoms with Crippen molar-refractivity contribution in [2.75, 3.05) is 25.1 Å². The van der Waals surface area contributed by atoms with Crippen LogP contribution in [0.1, 0.15) is 24.1 Å². The summed E-state index contributed by atoms with van der Waals surface area (Å²) >= 11 is 0. The van der Waals surface area contributed by atoms with E-state index in [4.69, 9.17) is 10.00 Å². The standard InChI is InChI=1S/C13H17N3O2/c1-10-2-3-11(8-14)12(15-10)16-13(9-17)4-6-18-7-5-13/h2-3,17H,4-7,9H2,1H3,(H,15,16). The van der Waals surface area contributed by atoms with Crippen LogP contribution in [0.2, 0.25) is 0 Å². The van der Waals surface area contributed by atoms with E-state index in [1.54, 1.807) is 12.1 Å². The summed E-state index contributed by atoms with van der Waals surface area (Å²) in [7, 11) is 0. The maximum atomic E-state index is 9.61. The summed E-state index contributed by atoms with van der Waals surface area (Å²) in [6.07, 6.45) is 1.42. The largest absolute Gasteiger partial charge is 0.394 e. The molecule has 0 spiro atoms. The first-order chi connectivity index (χ1) is 8.69. The molecule has 1 fully saturated rings. The Kier molecular flexibility index (Phi) is 3.80. The van der Waals surface area contributed by atoms with E-state index in [1.165, 1.54) is 0 Å². The van der Waals surface area contributed by atoms with Crippen molar-refractivity contribution < 1.29 is 9.84 Å². The lowest BCUT2D eigenvalue weighted by molar-refractivity contribution is 0.0378. The molecule has 2 heterocycles. The summed E-state index contributed by atoms with van der Waals surface area (Å²) in [5.41, 5.74) is 0.918. The zero-order chi connectivity index (χ0) is 13.0. The first-order valence-corrected chi connectivity index (χ1v) is 6.04. The van der Waals surface area contributed by atoms with Crippen molar-refractivity contribution in [3.63, 3.8) is 0 Å².